The number of rotatable bonds is 6. The van der Waals surface area contributed by atoms with Gasteiger partial charge in [0, 0.05) is 6.20 Å². The van der Waals surface area contributed by atoms with E-state index in [1.165, 1.54) is 18.3 Å². The molecule has 0 fully saturated rings. The number of carbonyl (C=O) groups excluding carboxylic acids is 1. The molecule has 0 aromatic carbocycles. The highest BCUT2D eigenvalue weighted by molar-refractivity contribution is 7.97. The van der Waals surface area contributed by atoms with E-state index in [0.29, 0.717) is 11.4 Å². The first kappa shape index (κ1) is 15.1. The minimum absolute atomic E-state index is 0.134. The number of nitrogens with zero attached hydrogens (tertiary/aromatic N) is 1. The van der Waals surface area contributed by atoms with Gasteiger partial charge >= 0.3 is 5.97 Å². The second kappa shape index (κ2) is 6.94. The summed E-state index contributed by atoms with van der Waals surface area (Å²) in [4.78, 5) is 26.8. The van der Waals surface area contributed by atoms with Crippen molar-refractivity contribution in [3.63, 3.8) is 0 Å². The van der Waals surface area contributed by atoms with Crippen LogP contribution in [0.2, 0.25) is 0 Å². The van der Waals surface area contributed by atoms with E-state index in [4.69, 9.17) is 9.52 Å². The molecule has 0 aliphatic carbocycles. The number of furan rings is 1. The van der Waals surface area contributed by atoms with Crippen molar-refractivity contribution >= 4 is 23.6 Å². The number of carbonyl (C=O) groups is 2. The first-order valence-corrected chi connectivity index (χ1v) is 7.53. The number of carboxylic acids is 1. The van der Waals surface area contributed by atoms with Crippen molar-refractivity contribution in [3.8, 4) is 0 Å². The molecule has 0 unspecified atom stereocenters. The van der Waals surface area contributed by atoms with Gasteiger partial charge in [0.25, 0.3) is 5.91 Å². The number of pyridine rings is 1. The molecular formula is C14H14N2O4S. The quantitative estimate of drug-likeness (QED) is 0.849. The van der Waals surface area contributed by atoms with E-state index < -0.39 is 5.97 Å². The Balaban J connectivity index is 1.97. The van der Waals surface area contributed by atoms with Crippen LogP contribution in [0.25, 0.3) is 0 Å². The molecule has 0 spiro atoms. The number of amides is 1. The van der Waals surface area contributed by atoms with Crippen LogP contribution in [0.1, 0.15) is 32.4 Å². The molecule has 2 aromatic rings. The first-order valence-electron chi connectivity index (χ1n) is 6.14. The van der Waals surface area contributed by atoms with Crippen LogP contribution in [-0.4, -0.2) is 28.2 Å². The molecule has 1 amide bonds. The second-order valence-corrected chi connectivity index (χ2v) is 5.09. The Morgan fingerprint density at radius 3 is 2.90 bits per heavy atom. The fourth-order valence-corrected chi connectivity index (χ4v) is 2.13. The van der Waals surface area contributed by atoms with E-state index in [1.54, 1.807) is 23.9 Å². The van der Waals surface area contributed by atoms with Crippen LogP contribution in [0.15, 0.2) is 34.9 Å². The summed E-state index contributed by atoms with van der Waals surface area (Å²) in [6.07, 6.45) is 3.35. The fourth-order valence-electron chi connectivity index (χ4n) is 1.69. The number of hydrogen-bond donors (Lipinski definition) is 2. The summed E-state index contributed by atoms with van der Waals surface area (Å²) < 4.78 is 5.39. The Labute approximate surface area is 125 Å². The van der Waals surface area contributed by atoms with E-state index in [1.807, 2.05) is 6.26 Å². The maximum Gasteiger partial charge on any atom is 0.335 e. The maximum absolute atomic E-state index is 11.9. The van der Waals surface area contributed by atoms with Crippen molar-refractivity contribution in [2.75, 3.05) is 6.26 Å². The lowest BCUT2D eigenvalue weighted by Crippen LogP contribution is -2.23. The molecule has 0 radical (unpaired) electrons. The molecule has 0 saturated carbocycles. The number of hydrogen-bond acceptors (Lipinski definition) is 5. The van der Waals surface area contributed by atoms with Crippen LogP contribution in [-0.2, 0) is 12.3 Å². The molecule has 110 valence electrons. The third kappa shape index (κ3) is 4.09. The first-order chi connectivity index (χ1) is 10.1. The average Bonchev–Trinajstić information content (AvgIpc) is 2.94. The third-order valence-electron chi connectivity index (χ3n) is 2.67. The van der Waals surface area contributed by atoms with Crippen LogP contribution in [0, 0.1) is 0 Å². The highest BCUT2D eigenvalue weighted by Crippen LogP contribution is 2.13. The molecule has 21 heavy (non-hydrogen) atoms. The van der Waals surface area contributed by atoms with Gasteiger partial charge in [0.15, 0.2) is 5.76 Å². The monoisotopic (exact) mass is 306 g/mol. The number of carboxylic acid groups (broad SMARTS) is 1. The highest BCUT2D eigenvalue weighted by Gasteiger charge is 2.11. The summed E-state index contributed by atoms with van der Waals surface area (Å²) in [6.45, 7) is 0.137. The van der Waals surface area contributed by atoms with Crippen LogP contribution in [0.3, 0.4) is 0 Å². The summed E-state index contributed by atoms with van der Waals surface area (Å²) in [5.74, 6) is 0.282. The van der Waals surface area contributed by atoms with Gasteiger partial charge < -0.3 is 14.8 Å². The van der Waals surface area contributed by atoms with Crippen LogP contribution in [0.4, 0.5) is 0 Å². The molecule has 2 rings (SSSR count). The molecule has 6 nitrogen and oxygen atoms in total. The van der Waals surface area contributed by atoms with Crippen molar-refractivity contribution < 1.29 is 19.1 Å². The predicted molar refractivity (Wildman–Crippen MR) is 78.3 cm³/mol. The standard InChI is InChI=1S/C14H14N2O4S/c1-21-8-11-2-3-12(20-11)13(17)16-7-10-6-9(14(18)19)4-5-15-10/h2-6H,7-8H2,1H3,(H,16,17)(H,18,19). The lowest BCUT2D eigenvalue weighted by molar-refractivity contribution is 0.0696. The topological polar surface area (TPSA) is 92.4 Å². The van der Waals surface area contributed by atoms with Crippen molar-refractivity contribution in [3.05, 3.63) is 53.2 Å². The van der Waals surface area contributed by atoms with Gasteiger partial charge in [-0.15, -0.1) is 0 Å². The van der Waals surface area contributed by atoms with Gasteiger partial charge in [-0.3, -0.25) is 9.78 Å². The van der Waals surface area contributed by atoms with Gasteiger partial charge in [0.2, 0.25) is 0 Å². The highest BCUT2D eigenvalue weighted by atomic mass is 32.2. The van der Waals surface area contributed by atoms with Gasteiger partial charge in [-0.2, -0.15) is 11.8 Å². The zero-order valence-electron chi connectivity index (χ0n) is 11.3. The number of nitrogens with one attached hydrogen (secondary N) is 1. The van der Waals surface area contributed by atoms with Crippen molar-refractivity contribution in [1.29, 1.82) is 0 Å². The predicted octanol–water partition coefficient (Wildman–Crippen LogP) is 2.17. The summed E-state index contributed by atoms with van der Waals surface area (Å²) >= 11 is 1.60. The van der Waals surface area contributed by atoms with Gasteiger partial charge in [-0.05, 0) is 30.5 Å². The molecule has 2 N–H and O–H groups in total. The maximum atomic E-state index is 11.9. The van der Waals surface area contributed by atoms with E-state index in [0.717, 1.165) is 5.76 Å². The normalized spacial score (nSPS) is 10.3. The lowest BCUT2D eigenvalue weighted by Gasteiger charge is -2.03. The van der Waals surface area contributed by atoms with E-state index in [9.17, 15) is 9.59 Å². The Morgan fingerprint density at radius 2 is 2.19 bits per heavy atom. The van der Waals surface area contributed by atoms with Crippen molar-refractivity contribution in [2.45, 2.75) is 12.3 Å². The van der Waals surface area contributed by atoms with E-state index in [-0.39, 0.29) is 23.8 Å². The Morgan fingerprint density at radius 1 is 1.38 bits per heavy atom. The van der Waals surface area contributed by atoms with Gasteiger partial charge in [0.05, 0.1) is 23.6 Å². The van der Waals surface area contributed by atoms with Gasteiger partial charge in [-0.25, -0.2) is 4.79 Å². The number of thioether (sulfide) groups is 1. The summed E-state index contributed by atoms with van der Waals surface area (Å²) in [6, 6.07) is 6.19. The molecule has 0 saturated heterocycles. The largest absolute Gasteiger partial charge is 0.478 e. The Kier molecular flexibility index (Phi) is 4.99. The molecular weight excluding hydrogens is 292 g/mol. The van der Waals surface area contributed by atoms with Crippen LogP contribution < -0.4 is 5.32 Å². The van der Waals surface area contributed by atoms with Crippen molar-refractivity contribution in [1.82, 2.24) is 10.3 Å². The molecule has 0 aliphatic rings. The summed E-state index contributed by atoms with van der Waals surface area (Å²) in [7, 11) is 0. The molecule has 7 heteroatoms. The summed E-state index contributed by atoms with van der Waals surface area (Å²) in [5.41, 5.74) is 0.605. The van der Waals surface area contributed by atoms with Crippen molar-refractivity contribution in [2.24, 2.45) is 0 Å². The Bertz CT molecular complexity index is 654. The zero-order valence-corrected chi connectivity index (χ0v) is 12.1. The second-order valence-electron chi connectivity index (χ2n) is 4.22. The zero-order chi connectivity index (χ0) is 15.2. The van der Waals surface area contributed by atoms with Crippen LogP contribution >= 0.6 is 11.8 Å². The SMILES string of the molecule is CSCc1ccc(C(=O)NCc2cc(C(=O)O)ccn2)o1. The molecule has 0 aliphatic heterocycles. The van der Waals surface area contributed by atoms with E-state index >= 15 is 0 Å². The van der Waals surface area contributed by atoms with Crippen LogP contribution in [0.5, 0.6) is 0 Å². The average molecular weight is 306 g/mol. The third-order valence-corrected chi connectivity index (χ3v) is 3.24. The summed E-state index contributed by atoms with van der Waals surface area (Å²) in [5, 5.41) is 11.5. The fraction of sp³-hybridized carbons (Fsp3) is 0.214. The Hall–Kier alpha value is -2.28. The molecule has 0 atom stereocenters. The smallest absolute Gasteiger partial charge is 0.335 e. The lowest BCUT2D eigenvalue weighted by atomic mass is 10.2. The minimum Gasteiger partial charge on any atom is -0.478 e. The molecule has 0 bridgehead atoms. The number of aromatic nitrogens is 1. The minimum atomic E-state index is -1.03. The van der Waals surface area contributed by atoms with Gasteiger partial charge in [-0.1, -0.05) is 0 Å². The molecule has 2 heterocycles. The molecule has 2 aromatic heterocycles. The number of aromatic carboxylic acids is 1. The van der Waals surface area contributed by atoms with Gasteiger partial charge in [0.1, 0.15) is 5.76 Å². The van der Waals surface area contributed by atoms with E-state index in [2.05, 4.69) is 10.3 Å².